The Morgan fingerprint density at radius 1 is 1.10 bits per heavy atom. The highest BCUT2D eigenvalue weighted by atomic mass is 32.2. The number of para-hydroxylation sites is 1. The van der Waals surface area contributed by atoms with Crippen molar-refractivity contribution in [2.24, 2.45) is 0 Å². The van der Waals surface area contributed by atoms with E-state index in [4.69, 9.17) is 0 Å². The Labute approximate surface area is 177 Å². The predicted molar refractivity (Wildman–Crippen MR) is 119 cm³/mol. The van der Waals surface area contributed by atoms with Crippen LogP contribution in [0.2, 0.25) is 0 Å². The molecule has 0 aliphatic carbocycles. The van der Waals surface area contributed by atoms with Crippen LogP contribution in [0.25, 0.3) is 32.6 Å². The molecule has 0 saturated heterocycles. The zero-order valence-electron chi connectivity index (χ0n) is 15.0. The molecule has 0 aliphatic heterocycles. The first-order valence-electron chi connectivity index (χ1n) is 8.79. The molecule has 144 valence electrons. The minimum Gasteiger partial charge on any atom is -0.338 e. The fraction of sp³-hybridized carbons (Fsp3) is 0.105. The van der Waals surface area contributed by atoms with Crippen LogP contribution in [0.15, 0.2) is 52.3 Å². The molecule has 0 fully saturated rings. The van der Waals surface area contributed by atoms with Crippen LogP contribution in [-0.4, -0.2) is 36.8 Å². The number of thioether (sulfide) groups is 1. The Bertz CT molecular complexity index is 1290. The second-order valence-corrected chi connectivity index (χ2v) is 8.99. The van der Waals surface area contributed by atoms with Crippen molar-refractivity contribution in [2.75, 3.05) is 11.1 Å². The second kappa shape index (κ2) is 7.90. The lowest BCUT2D eigenvalue weighted by Gasteiger charge is -2.01. The summed E-state index contributed by atoms with van der Waals surface area (Å²) in [5.41, 5.74) is 3.34. The summed E-state index contributed by atoms with van der Waals surface area (Å²) in [6, 6.07) is 11.9. The maximum atomic E-state index is 12.2. The first-order chi connectivity index (χ1) is 14.3. The Morgan fingerprint density at radius 3 is 2.93 bits per heavy atom. The van der Waals surface area contributed by atoms with E-state index in [1.165, 1.54) is 23.1 Å². The van der Waals surface area contributed by atoms with Crippen LogP contribution in [-0.2, 0) is 4.79 Å². The van der Waals surface area contributed by atoms with Crippen LogP contribution in [0.5, 0.6) is 0 Å². The van der Waals surface area contributed by atoms with E-state index in [0.29, 0.717) is 28.1 Å². The fourth-order valence-electron chi connectivity index (χ4n) is 2.85. The standard InChI is InChI=1S/C19H14N6OS3/c26-15(22-18-21-13(10-29-18)14-6-3-8-27-14)7-9-28-19-23-17-16(24-25-19)11-4-1-2-5-12(11)20-17/h1-6,8,10H,7,9H2,(H,20,23,25)(H,21,22,26). The highest BCUT2D eigenvalue weighted by Gasteiger charge is 2.11. The van der Waals surface area contributed by atoms with Crippen LogP contribution in [0.1, 0.15) is 6.42 Å². The van der Waals surface area contributed by atoms with E-state index in [9.17, 15) is 4.79 Å². The molecule has 0 unspecified atom stereocenters. The molecule has 0 spiro atoms. The van der Waals surface area contributed by atoms with Crippen molar-refractivity contribution in [3.63, 3.8) is 0 Å². The molecule has 7 nitrogen and oxygen atoms in total. The molecule has 0 aliphatic rings. The van der Waals surface area contributed by atoms with E-state index < -0.39 is 0 Å². The number of nitrogens with one attached hydrogen (secondary N) is 2. The molecule has 4 heterocycles. The second-order valence-electron chi connectivity index (χ2n) is 6.12. The van der Waals surface area contributed by atoms with Gasteiger partial charge in [-0.05, 0) is 17.5 Å². The van der Waals surface area contributed by atoms with Gasteiger partial charge in [0.05, 0.1) is 10.6 Å². The summed E-state index contributed by atoms with van der Waals surface area (Å²) < 4.78 is 0. The third-order valence-corrected chi connectivity index (χ3v) is 6.68. The van der Waals surface area contributed by atoms with Crippen LogP contribution in [0, 0.1) is 0 Å². The van der Waals surface area contributed by atoms with Crippen LogP contribution in [0.4, 0.5) is 5.13 Å². The fourth-order valence-corrected chi connectivity index (χ4v) is 5.06. The number of thiazole rings is 1. The summed E-state index contributed by atoms with van der Waals surface area (Å²) in [7, 11) is 0. The van der Waals surface area contributed by atoms with Gasteiger partial charge in [-0.3, -0.25) is 4.79 Å². The number of aromatic amines is 1. The number of thiophene rings is 1. The van der Waals surface area contributed by atoms with E-state index in [1.54, 1.807) is 11.3 Å². The molecule has 5 aromatic rings. The molecule has 29 heavy (non-hydrogen) atoms. The van der Waals surface area contributed by atoms with E-state index in [0.717, 1.165) is 27.0 Å². The summed E-state index contributed by atoms with van der Waals surface area (Å²) in [5, 5.41) is 17.4. The van der Waals surface area contributed by atoms with Crippen LogP contribution >= 0.6 is 34.4 Å². The number of carbonyl (C=O) groups excluding carboxylic acids is 1. The van der Waals surface area contributed by atoms with Crippen molar-refractivity contribution < 1.29 is 4.79 Å². The van der Waals surface area contributed by atoms with E-state index >= 15 is 0 Å². The Kier molecular flexibility index (Phi) is 4.96. The number of benzene rings is 1. The third kappa shape index (κ3) is 3.86. The monoisotopic (exact) mass is 438 g/mol. The highest BCUT2D eigenvalue weighted by Crippen LogP contribution is 2.28. The number of anilines is 1. The summed E-state index contributed by atoms with van der Waals surface area (Å²) in [4.78, 5) is 25.5. The average Bonchev–Trinajstić information content (AvgIpc) is 3.47. The molecule has 5 rings (SSSR count). The molecule has 0 saturated carbocycles. The molecule has 0 bridgehead atoms. The lowest BCUT2D eigenvalue weighted by atomic mass is 10.2. The topological polar surface area (TPSA) is 96.5 Å². The molecule has 0 atom stereocenters. The Hall–Kier alpha value is -2.82. The van der Waals surface area contributed by atoms with Crippen LogP contribution in [0.3, 0.4) is 0 Å². The minimum atomic E-state index is -0.0794. The number of rotatable bonds is 6. The summed E-state index contributed by atoms with van der Waals surface area (Å²) in [6.45, 7) is 0. The Balaban J connectivity index is 1.18. The smallest absolute Gasteiger partial charge is 0.226 e. The summed E-state index contributed by atoms with van der Waals surface area (Å²) in [6.07, 6.45) is 0.340. The molecular weight excluding hydrogens is 424 g/mol. The van der Waals surface area contributed by atoms with E-state index in [-0.39, 0.29) is 5.91 Å². The molecule has 4 aromatic heterocycles. The number of H-pyrrole nitrogens is 1. The third-order valence-electron chi connectivity index (χ3n) is 4.19. The number of nitrogens with zero attached hydrogens (tertiary/aromatic N) is 4. The van der Waals surface area contributed by atoms with E-state index in [2.05, 4.69) is 30.5 Å². The number of amides is 1. The average molecular weight is 439 g/mol. The van der Waals surface area contributed by atoms with Gasteiger partial charge in [0.1, 0.15) is 5.52 Å². The molecule has 0 radical (unpaired) electrons. The summed E-state index contributed by atoms with van der Waals surface area (Å²) in [5.74, 6) is 0.479. The maximum absolute atomic E-state index is 12.2. The predicted octanol–water partition coefficient (Wildman–Crippen LogP) is 4.81. The van der Waals surface area contributed by atoms with Gasteiger partial charge in [-0.1, -0.05) is 36.0 Å². The molecule has 1 amide bonds. The van der Waals surface area contributed by atoms with Crippen molar-refractivity contribution in [2.45, 2.75) is 11.6 Å². The first kappa shape index (κ1) is 18.2. The van der Waals surface area contributed by atoms with Gasteiger partial charge in [-0.25, -0.2) is 9.97 Å². The largest absolute Gasteiger partial charge is 0.338 e. The number of hydrogen-bond donors (Lipinski definition) is 2. The van der Waals surface area contributed by atoms with Gasteiger partial charge < -0.3 is 10.3 Å². The van der Waals surface area contributed by atoms with Crippen LogP contribution < -0.4 is 5.32 Å². The van der Waals surface area contributed by atoms with Gasteiger partial charge in [-0.15, -0.1) is 32.9 Å². The minimum absolute atomic E-state index is 0.0794. The molecule has 2 N–H and O–H groups in total. The van der Waals surface area contributed by atoms with Crippen molar-refractivity contribution >= 4 is 67.5 Å². The van der Waals surface area contributed by atoms with Gasteiger partial charge in [-0.2, -0.15) is 0 Å². The zero-order chi connectivity index (χ0) is 19.6. The zero-order valence-corrected chi connectivity index (χ0v) is 17.4. The quantitative estimate of drug-likeness (QED) is 0.369. The highest BCUT2D eigenvalue weighted by molar-refractivity contribution is 7.99. The molecule has 10 heteroatoms. The van der Waals surface area contributed by atoms with Crippen molar-refractivity contribution in [1.82, 2.24) is 25.1 Å². The Morgan fingerprint density at radius 2 is 2.03 bits per heavy atom. The van der Waals surface area contributed by atoms with Gasteiger partial charge in [0.15, 0.2) is 10.8 Å². The van der Waals surface area contributed by atoms with Crippen molar-refractivity contribution in [1.29, 1.82) is 0 Å². The number of carbonyl (C=O) groups is 1. The first-order valence-corrected chi connectivity index (χ1v) is 11.5. The summed E-state index contributed by atoms with van der Waals surface area (Å²) >= 11 is 4.46. The lowest BCUT2D eigenvalue weighted by molar-refractivity contribution is -0.115. The van der Waals surface area contributed by atoms with E-state index in [1.807, 2.05) is 47.2 Å². The number of fused-ring (bicyclic) bond motifs is 3. The number of hydrogen-bond acceptors (Lipinski definition) is 8. The molecule has 1 aromatic carbocycles. The maximum Gasteiger partial charge on any atom is 0.226 e. The van der Waals surface area contributed by atoms with Gasteiger partial charge in [0.25, 0.3) is 0 Å². The normalized spacial score (nSPS) is 11.3. The van der Waals surface area contributed by atoms with Gasteiger partial charge in [0, 0.05) is 28.5 Å². The number of aromatic nitrogens is 5. The van der Waals surface area contributed by atoms with Gasteiger partial charge in [0.2, 0.25) is 11.1 Å². The van der Waals surface area contributed by atoms with Crippen molar-refractivity contribution in [3.05, 3.63) is 47.2 Å². The lowest BCUT2D eigenvalue weighted by Crippen LogP contribution is -2.12. The SMILES string of the molecule is O=C(CCSc1nnc2c(n1)[nH]c1ccccc12)Nc1nc(-c2cccs2)cs1. The van der Waals surface area contributed by atoms with Gasteiger partial charge >= 0.3 is 0 Å². The van der Waals surface area contributed by atoms with Crippen molar-refractivity contribution in [3.8, 4) is 10.6 Å². The molecular formula is C19H14N6OS3.